The number of rotatable bonds is 11. The Morgan fingerprint density at radius 1 is 1.23 bits per heavy atom. The van der Waals surface area contributed by atoms with Crippen LogP contribution in [0.1, 0.15) is 23.1 Å². The lowest BCUT2D eigenvalue weighted by molar-refractivity contribution is -0.126. The zero-order valence-electron chi connectivity index (χ0n) is 20.7. The summed E-state index contributed by atoms with van der Waals surface area (Å²) in [4.78, 5) is 29.6. The number of ether oxygens (including phenoxy) is 1. The van der Waals surface area contributed by atoms with Crippen LogP contribution in [0.4, 0.5) is 4.39 Å². The SMILES string of the molecule is COCCS(=O)(=O)C(C(=O)NCC(=O)NC1CC1)c1nc2cc(-c3ccc(-n4cnnn4)cc3)c(F)cc2s1. The van der Waals surface area contributed by atoms with Crippen LogP contribution in [-0.2, 0) is 24.2 Å². The fraction of sp³-hybridized carbons (Fsp3) is 0.333. The van der Waals surface area contributed by atoms with Crippen LogP contribution < -0.4 is 10.6 Å². The number of methoxy groups -OCH3 is 1. The van der Waals surface area contributed by atoms with E-state index in [1.54, 1.807) is 24.3 Å². The lowest BCUT2D eigenvalue weighted by Gasteiger charge is -2.15. The van der Waals surface area contributed by atoms with Crippen molar-refractivity contribution in [2.45, 2.75) is 24.1 Å². The highest BCUT2D eigenvalue weighted by molar-refractivity contribution is 7.92. The zero-order chi connectivity index (χ0) is 27.6. The highest BCUT2D eigenvalue weighted by Gasteiger charge is 2.37. The zero-order valence-corrected chi connectivity index (χ0v) is 22.3. The second kappa shape index (κ2) is 11.1. The number of halogens is 1. The maximum Gasteiger partial charge on any atom is 0.245 e. The van der Waals surface area contributed by atoms with Crippen molar-refractivity contribution in [3.63, 3.8) is 0 Å². The van der Waals surface area contributed by atoms with Gasteiger partial charge in [-0.1, -0.05) is 12.1 Å². The molecule has 2 aromatic carbocycles. The lowest BCUT2D eigenvalue weighted by Crippen LogP contribution is -2.41. The van der Waals surface area contributed by atoms with Crippen LogP contribution in [0.25, 0.3) is 27.0 Å². The van der Waals surface area contributed by atoms with Gasteiger partial charge in [-0.05, 0) is 53.1 Å². The standard InChI is InChI=1S/C24H24FN7O5S2/c1-37-8-9-39(35,36)22(23(34)26-12-21(33)28-15-4-5-15)24-29-19-10-17(18(25)11-20(19)38-24)14-2-6-16(7-3-14)32-13-27-30-31-32/h2-3,6-7,10-11,13,15,22H,4-5,8-9,12H2,1H3,(H,26,34)(H,28,33). The molecule has 1 unspecified atom stereocenters. The summed E-state index contributed by atoms with van der Waals surface area (Å²) in [6.07, 6.45) is 3.19. The van der Waals surface area contributed by atoms with Gasteiger partial charge < -0.3 is 15.4 Å². The van der Waals surface area contributed by atoms with Gasteiger partial charge in [0, 0.05) is 18.7 Å². The summed E-state index contributed by atoms with van der Waals surface area (Å²) in [5.41, 5.74) is 1.83. The highest BCUT2D eigenvalue weighted by Crippen LogP contribution is 2.35. The Morgan fingerprint density at radius 3 is 2.67 bits per heavy atom. The summed E-state index contributed by atoms with van der Waals surface area (Å²) in [5.74, 6) is -2.25. The van der Waals surface area contributed by atoms with E-state index in [4.69, 9.17) is 4.74 Å². The maximum atomic E-state index is 15.2. The Hall–Kier alpha value is -3.82. The number of hydrogen-bond donors (Lipinski definition) is 2. The number of nitrogens with zero attached hydrogens (tertiary/aromatic N) is 5. The molecule has 1 saturated carbocycles. The topological polar surface area (TPSA) is 158 Å². The number of fused-ring (bicyclic) bond motifs is 1. The minimum atomic E-state index is -4.07. The van der Waals surface area contributed by atoms with Gasteiger partial charge in [-0.25, -0.2) is 22.5 Å². The molecule has 5 rings (SSSR count). The Bertz CT molecular complexity index is 1600. The molecule has 15 heteroatoms. The van der Waals surface area contributed by atoms with Crippen LogP contribution in [-0.4, -0.2) is 77.5 Å². The van der Waals surface area contributed by atoms with Crippen molar-refractivity contribution in [3.8, 4) is 16.8 Å². The summed E-state index contributed by atoms with van der Waals surface area (Å²) in [7, 11) is -2.72. The number of carbonyl (C=O) groups excluding carboxylic acids is 2. The van der Waals surface area contributed by atoms with Crippen LogP contribution in [0, 0.1) is 5.82 Å². The molecule has 0 saturated heterocycles. The second-order valence-corrected chi connectivity index (χ2v) is 12.2. The van der Waals surface area contributed by atoms with E-state index in [9.17, 15) is 18.0 Å². The first kappa shape index (κ1) is 26.8. The first-order valence-electron chi connectivity index (χ1n) is 12.0. The molecule has 0 bridgehead atoms. The molecule has 4 aromatic rings. The Balaban J connectivity index is 1.44. The maximum absolute atomic E-state index is 15.2. The molecule has 2 N–H and O–H groups in total. The fourth-order valence-electron chi connectivity index (χ4n) is 3.89. The Kier molecular flexibility index (Phi) is 7.63. The molecule has 0 spiro atoms. The van der Waals surface area contributed by atoms with Crippen molar-refractivity contribution in [1.82, 2.24) is 35.8 Å². The van der Waals surface area contributed by atoms with E-state index < -0.39 is 38.5 Å². The molecule has 12 nitrogen and oxygen atoms in total. The van der Waals surface area contributed by atoms with Crippen LogP contribution in [0.5, 0.6) is 0 Å². The number of sulfone groups is 1. The predicted octanol–water partition coefficient (Wildman–Crippen LogP) is 1.58. The smallest absolute Gasteiger partial charge is 0.245 e. The van der Waals surface area contributed by atoms with E-state index in [-0.39, 0.29) is 29.8 Å². The number of nitrogens with one attached hydrogen (secondary N) is 2. The van der Waals surface area contributed by atoms with Crippen molar-refractivity contribution in [2.75, 3.05) is 26.0 Å². The van der Waals surface area contributed by atoms with Gasteiger partial charge in [0.05, 0.1) is 34.8 Å². The first-order valence-corrected chi connectivity index (χ1v) is 14.5. The Labute approximate surface area is 226 Å². The quantitative estimate of drug-likeness (QED) is 0.272. The first-order chi connectivity index (χ1) is 18.7. The van der Waals surface area contributed by atoms with Gasteiger partial charge in [0.1, 0.15) is 17.2 Å². The molecule has 1 aliphatic rings. The summed E-state index contributed by atoms with van der Waals surface area (Å²) in [6.45, 7) is -0.492. The van der Waals surface area contributed by atoms with E-state index in [1.165, 1.54) is 30.3 Å². The summed E-state index contributed by atoms with van der Waals surface area (Å²) in [6, 6.07) is 9.73. The van der Waals surface area contributed by atoms with Gasteiger partial charge in [-0.3, -0.25) is 9.59 Å². The van der Waals surface area contributed by atoms with Crippen molar-refractivity contribution < 1.29 is 27.1 Å². The largest absolute Gasteiger partial charge is 0.384 e. The summed E-state index contributed by atoms with van der Waals surface area (Å²) in [5, 5.41) is 14.4. The molecule has 204 valence electrons. The van der Waals surface area contributed by atoms with E-state index in [1.807, 2.05) is 0 Å². The minimum Gasteiger partial charge on any atom is -0.384 e. The molecule has 1 fully saturated rings. The molecule has 1 aliphatic carbocycles. The molecule has 2 aromatic heterocycles. The monoisotopic (exact) mass is 573 g/mol. The summed E-state index contributed by atoms with van der Waals surface area (Å²) < 4.78 is 48.2. The van der Waals surface area contributed by atoms with Gasteiger partial charge in [0.2, 0.25) is 11.8 Å². The molecule has 2 amide bonds. The normalized spacial score (nSPS) is 14.3. The molecule has 39 heavy (non-hydrogen) atoms. The number of thiazole rings is 1. The third kappa shape index (κ3) is 6.10. The Morgan fingerprint density at radius 2 is 2.00 bits per heavy atom. The van der Waals surface area contributed by atoms with Crippen LogP contribution in [0.2, 0.25) is 0 Å². The minimum absolute atomic E-state index is 0.0215. The van der Waals surface area contributed by atoms with Crippen LogP contribution >= 0.6 is 11.3 Å². The van der Waals surface area contributed by atoms with E-state index in [2.05, 4.69) is 31.1 Å². The predicted molar refractivity (Wildman–Crippen MR) is 140 cm³/mol. The molecule has 0 radical (unpaired) electrons. The van der Waals surface area contributed by atoms with Crippen molar-refractivity contribution in [3.05, 3.63) is 53.6 Å². The second-order valence-electron chi connectivity index (χ2n) is 8.95. The van der Waals surface area contributed by atoms with Crippen LogP contribution in [0.3, 0.4) is 0 Å². The number of amides is 2. The van der Waals surface area contributed by atoms with Gasteiger partial charge in [0.25, 0.3) is 0 Å². The number of tetrazole rings is 1. The van der Waals surface area contributed by atoms with E-state index in [0.29, 0.717) is 21.5 Å². The number of benzene rings is 2. The number of hydrogen-bond acceptors (Lipinski definition) is 10. The van der Waals surface area contributed by atoms with Crippen molar-refractivity contribution >= 4 is 43.2 Å². The molecule has 2 heterocycles. The van der Waals surface area contributed by atoms with Crippen molar-refractivity contribution in [1.29, 1.82) is 0 Å². The van der Waals surface area contributed by atoms with Gasteiger partial charge >= 0.3 is 0 Å². The van der Waals surface area contributed by atoms with Gasteiger partial charge in [-0.15, -0.1) is 16.4 Å². The lowest BCUT2D eigenvalue weighted by atomic mass is 10.0. The highest BCUT2D eigenvalue weighted by atomic mass is 32.2. The average molecular weight is 574 g/mol. The number of carbonyl (C=O) groups is 2. The average Bonchev–Trinajstić information content (AvgIpc) is 3.38. The number of aromatic nitrogens is 5. The summed E-state index contributed by atoms with van der Waals surface area (Å²) >= 11 is 0.910. The molecular weight excluding hydrogens is 549 g/mol. The molecule has 0 aliphatic heterocycles. The third-order valence-corrected chi connectivity index (χ3v) is 9.17. The molecule has 1 atom stereocenters. The third-order valence-electron chi connectivity index (χ3n) is 6.04. The van der Waals surface area contributed by atoms with Crippen molar-refractivity contribution in [2.24, 2.45) is 0 Å². The van der Waals surface area contributed by atoms with Crippen LogP contribution in [0.15, 0.2) is 42.7 Å². The van der Waals surface area contributed by atoms with E-state index >= 15 is 4.39 Å². The molecular formula is C24H24FN7O5S2. The van der Waals surface area contributed by atoms with Gasteiger partial charge in [0.15, 0.2) is 15.1 Å². The van der Waals surface area contributed by atoms with Gasteiger partial charge in [-0.2, -0.15) is 0 Å². The van der Waals surface area contributed by atoms with E-state index in [0.717, 1.165) is 24.2 Å². The fourth-order valence-corrected chi connectivity index (χ4v) is 6.83.